The number of nitrogens with zero attached hydrogens (tertiary/aromatic N) is 1. The molecule has 1 saturated heterocycles. The van der Waals surface area contributed by atoms with Crippen LogP contribution in [0.2, 0.25) is 0 Å². The minimum Gasteiger partial charge on any atom is -0.330 e. The predicted molar refractivity (Wildman–Crippen MR) is 104 cm³/mol. The van der Waals surface area contributed by atoms with Crippen molar-refractivity contribution in [3.05, 3.63) is 34.9 Å². The number of fused-ring (bicyclic) bond motifs is 1. The molecule has 150 valence electrons. The first-order valence-corrected chi connectivity index (χ1v) is 10.2. The molecule has 7 nitrogen and oxygen atoms in total. The Hall–Kier alpha value is -2.25. The molecule has 1 aromatic carbocycles. The van der Waals surface area contributed by atoms with Crippen molar-refractivity contribution in [2.75, 3.05) is 6.54 Å². The van der Waals surface area contributed by atoms with Gasteiger partial charge in [0, 0.05) is 31.1 Å². The summed E-state index contributed by atoms with van der Waals surface area (Å²) in [5, 5.41) is 5.95. The van der Waals surface area contributed by atoms with E-state index in [0.717, 1.165) is 36.6 Å². The Morgan fingerprint density at radius 3 is 2.82 bits per heavy atom. The molecule has 28 heavy (non-hydrogen) atoms. The molecule has 1 aliphatic carbocycles. The fourth-order valence-corrected chi connectivity index (χ4v) is 4.73. The van der Waals surface area contributed by atoms with Gasteiger partial charge < -0.3 is 16.0 Å². The second kappa shape index (κ2) is 8.01. The van der Waals surface area contributed by atoms with E-state index in [1.807, 2.05) is 12.1 Å². The number of carbonyl (C=O) groups excluding carboxylic acids is 3. The number of hydrogen-bond donors (Lipinski definition) is 3. The second-order valence-electron chi connectivity index (χ2n) is 8.23. The van der Waals surface area contributed by atoms with Crippen LogP contribution in [0.25, 0.3) is 0 Å². The van der Waals surface area contributed by atoms with Crippen molar-refractivity contribution in [2.24, 2.45) is 11.7 Å². The highest BCUT2D eigenvalue weighted by Gasteiger charge is 2.39. The minimum atomic E-state index is -0.558. The number of amides is 3. The van der Waals surface area contributed by atoms with Gasteiger partial charge in [-0.2, -0.15) is 0 Å². The Kier molecular flexibility index (Phi) is 5.46. The third kappa shape index (κ3) is 3.82. The van der Waals surface area contributed by atoms with E-state index in [9.17, 15) is 14.4 Å². The largest absolute Gasteiger partial charge is 0.330 e. The van der Waals surface area contributed by atoms with E-state index in [1.165, 1.54) is 19.3 Å². The molecule has 1 aromatic rings. The lowest BCUT2D eigenvalue weighted by Gasteiger charge is -2.29. The molecule has 1 saturated carbocycles. The summed E-state index contributed by atoms with van der Waals surface area (Å²) in [5.41, 5.74) is 8.37. The molecule has 2 aliphatic heterocycles. The number of imide groups is 1. The van der Waals surface area contributed by atoms with Crippen molar-refractivity contribution in [3.63, 3.8) is 0 Å². The van der Waals surface area contributed by atoms with Gasteiger partial charge in [0.15, 0.2) is 0 Å². The van der Waals surface area contributed by atoms with Gasteiger partial charge in [-0.3, -0.25) is 19.7 Å². The maximum Gasteiger partial charge on any atom is 0.255 e. The Bertz CT molecular complexity index is 794. The third-order valence-electron chi connectivity index (χ3n) is 6.30. The van der Waals surface area contributed by atoms with Gasteiger partial charge in [-0.1, -0.05) is 12.1 Å². The molecule has 0 spiro atoms. The van der Waals surface area contributed by atoms with E-state index in [4.69, 9.17) is 5.73 Å². The van der Waals surface area contributed by atoms with Crippen LogP contribution in [0, 0.1) is 5.92 Å². The zero-order valence-corrected chi connectivity index (χ0v) is 16.1. The highest BCUT2D eigenvalue weighted by molar-refractivity contribution is 6.05. The summed E-state index contributed by atoms with van der Waals surface area (Å²) in [6.07, 6.45) is 5.35. The van der Waals surface area contributed by atoms with Crippen molar-refractivity contribution in [2.45, 2.75) is 63.7 Å². The molecule has 3 atom stereocenters. The van der Waals surface area contributed by atoms with Crippen molar-refractivity contribution < 1.29 is 14.4 Å². The van der Waals surface area contributed by atoms with E-state index >= 15 is 0 Å². The molecule has 0 radical (unpaired) electrons. The van der Waals surface area contributed by atoms with E-state index in [0.29, 0.717) is 24.6 Å². The normalized spacial score (nSPS) is 27.2. The quantitative estimate of drug-likeness (QED) is 0.636. The van der Waals surface area contributed by atoms with E-state index in [1.54, 1.807) is 4.90 Å². The van der Waals surface area contributed by atoms with Crippen LogP contribution in [0.3, 0.4) is 0 Å². The number of rotatable bonds is 6. The van der Waals surface area contributed by atoms with Crippen LogP contribution in [0.4, 0.5) is 0 Å². The second-order valence-corrected chi connectivity index (χ2v) is 8.23. The standard InChI is InChI=1S/C21H28N4O3/c22-8-7-13-2-4-16(9-13)23-11-14-1-3-15-12-25(21(28)17(15)10-14)18-5-6-19(26)24-20(18)27/h1,3,10,13,16,18,23H,2,4-9,11-12,22H2,(H,24,26,27). The van der Waals surface area contributed by atoms with Crippen molar-refractivity contribution >= 4 is 17.7 Å². The molecule has 7 heteroatoms. The number of benzene rings is 1. The Balaban J connectivity index is 1.38. The summed E-state index contributed by atoms with van der Waals surface area (Å²) >= 11 is 0. The molecule has 2 heterocycles. The third-order valence-corrected chi connectivity index (χ3v) is 6.30. The molecular weight excluding hydrogens is 356 g/mol. The Morgan fingerprint density at radius 1 is 1.18 bits per heavy atom. The van der Waals surface area contributed by atoms with Crippen molar-refractivity contribution in [3.8, 4) is 0 Å². The van der Waals surface area contributed by atoms with Crippen LogP contribution in [0.5, 0.6) is 0 Å². The van der Waals surface area contributed by atoms with Gasteiger partial charge >= 0.3 is 0 Å². The van der Waals surface area contributed by atoms with Crippen LogP contribution in [0.15, 0.2) is 18.2 Å². The van der Waals surface area contributed by atoms with Crippen molar-refractivity contribution in [1.82, 2.24) is 15.5 Å². The van der Waals surface area contributed by atoms with Gasteiger partial charge in [0.05, 0.1) is 0 Å². The molecule has 4 rings (SSSR count). The van der Waals surface area contributed by atoms with Crippen LogP contribution in [0.1, 0.15) is 60.0 Å². The maximum absolute atomic E-state index is 12.9. The van der Waals surface area contributed by atoms with E-state index < -0.39 is 6.04 Å². The number of carbonyl (C=O) groups is 3. The van der Waals surface area contributed by atoms with Gasteiger partial charge in [0.2, 0.25) is 11.8 Å². The van der Waals surface area contributed by atoms with Gasteiger partial charge in [0.25, 0.3) is 5.91 Å². The highest BCUT2D eigenvalue weighted by Crippen LogP contribution is 2.30. The Morgan fingerprint density at radius 2 is 2.04 bits per heavy atom. The number of nitrogens with one attached hydrogen (secondary N) is 2. The summed E-state index contributed by atoms with van der Waals surface area (Å²) in [6, 6.07) is 5.95. The number of hydrogen-bond acceptors (Lipinski definition) is 5. The lowest BCUT2D eigenvalue weighted by molar-refractivity contribution is -0.136. The lowest BCUT2D eigenvalue weighted by Crippen LogP contribution is -2.52. The van der Waals surface area contributed by atoms with Gasteiger partial charge in [-0.05, 0) is 61.8 Å². The monoisotopic (exact) mass is 384 g/mol. The first-order valence-electron chi connectivity index (χ1n) is 10.2. The van der Waals surface area contributed by atoms with Crippen molar-refractivity contribution in [1.29, 1.82) is 0 Å². The first-order chi connectivity index (χ1) is 13.5. The lowest BCUT2D eigenvalue weighted by atomic mass is 10.0. The molecule has 3 amide bonds. The average molecular weight is 384 g/mol. The van der Waals surface area contributed by atoms with Crippen LogP contribution in [-0.4, -0.2) is 41.2 Å². The summed E-state index contributed by atoms with van der Waals surface area (Å²) < 4.78 is 0. The molecule has 4 N–H and O–H groups in total. The molecule has 3 unspecified atom stereocenters. The van der Waals surface area contributed by atoms with E-state index in [2.05, 4.69) is 16.7 Å². The molecule has 0 bridgehead atoms. The zero-order valence-electron chi connectivity index (χ0n) is 16.1. The smallest absolute Gasteiger partial charge is 0.255 e. The van der Waals surface area contributed by atoms with Crippen LogP contribution in [-0.2, 0) is 22.7 Å². The molecule has 3 aliphatic rings. The summed E-state index contributed by atoms with van der Waals surface area (Å²) in [5.74, 6) is -0.0200. The van der Waals surface area contributed by atoms with E-state index in [-0.39, 0.29) is 24.1 Å². The van der Waals surface area contributed by atoms with Gasteiger partial charge in [-0.15, -0.1) is 0 Å². The van der Waals surface area contributed by atoms with Crippen LogP contribution < -0.4 is 16.4 Å². The Labute approximate surface area is 165 Å². The van der Waals surface area contributed by atoms with Gasteiger partial charge in [0.1, 0.15) is 6.04 Å². The first kappa shape index (κ1) is 19.1. The zero-order chi connectivity index (χ0) is 19.7. The summed E-state index contributed by atoms with van der Waals surface area (Å²) in [7, 11) is 0. The average Bonchev–Trinajstić information content (AvgIpc) is 3.25. The highest BCUT2D eigenvalue weighted by atomic mass is 16.2. The SMILES string of the molecule is NCCC1CCC(NCc2ccc3c(c2)C(=O)N(C2CCC(=O)NC2=O)C3)C1. The van der Waals surface area contributed by atoms with Crippen LogP contribution >= 0.6 is 0 Å². The van der Waals surface area contributed by atoms with Gasteiger partial charge in [-0.25, -0.2) is 0 Å². The summed E-state index contributed by atoms with van der Waals surface area (Å²) in [4.78, 5) is 38.0. The topological polar surface area (TPSA) is 105 Å². The molecule has 0 aromatic heterocycles. The fraction of sp³-hybridized carbons (Fsp3) is 0.571. The summed E-state index contributed by atoms with van der Waals surface area (Å²) in [6.45, 7) is 1.92. The molecule has 2 fully saturated rings. The maximum atomic E-state index is 12.9. The molecular formula is C21H28N4O3. The predicted octanol–water partition coefficient (Wildman–Crippen LogP) is 1.05. The fourth-order valence-electron chi connectivity index (χ4n) is 4.73. The minimum absolute atomic E-state index is 0.116. The number of nitrogens with two attached hydrogens (primary N) is 1. The number of piperidine rings is 1.